The number of carbonyl (C=O) groups excluding carboxylic acids is 1. The quantitative estimate of drug-likeness (QED) is 0.693. The number of hydrogen-bond acceptors (Lipinski definition) is 3. The molecule has 0 unspecified atom stereocenters. The highest BCUT2D eigenvalue weighted by atomic mass is 79.9. The van der Waals surface area contributed by atoms with Crippen molar-refractivity contribution in [1.82, 2.24) is 4.98 Å². The number of anilines is 3. The minimum atomic E-state index is -0.175. The largest absolute Gasteiger partial charge is 0.355 e. The van der Waals surface area contributed by atoms with E-state index in [2.05, 4.69) is 31.5 Å². The van der Waals surface area contributed by atoms with Gasteiger partial charge in [0.05, 0.1) is 5.56 Å². The Labute approximate surface area is 142 Å². The van der Waals surface area contributed by atoms with Crippen molar-refractivity contribution in [2.24, 2.45) is 0 Å². The van der Waals surface area contributed by atoms with Crippen LogP contribution in [-0.2, 0) is 0 Å². The van der Waals surface area contributed by atoms with Crippen LogP contribution in [0.3, 0.4) is 0 Å². The van der Waals surface area contributed by atoms with Crippen LogP contribution in [-0.4, -0.2) is 10.9 Å². The molecule has 2 N–H and O–H groups in total. The van der Waals surface area contributed by atoms with E-state index in [1.54, 1.807) is 24.5 Å². The second-order valence-electron chi connectivity index (χ2n) is 4.91. The lowest BCUT2D eigenvalue weighted by molar-refractivity contribution is 0.102. The molecule has 1 aromatic heterocycles. The molecule has 114 valence electrons. The fourth-order valence-electron chi connectivity index (χ4n) is 2.07. The first-order valence-electron chi connectivity index (χ1n) is 7.05. The number of nitrogens with one attached hydrogen (secondary N) is 2. The van der Waals surface area contributed by atoms with Gasteiger partial charge in [0.1, 0.15) is 0 Å². The van der Waals surface area contributed by atoms with E-state index in [9.17, 15) is 4.79 Å². The molecule has 0 saturated carbocycles. The Morgan fingerprint density at radius 2 is 1.70 bits per heavy atom. The summed E-state index contributed by atoms with van der Waals surface area (Å²) in [5, 5.41) is 6.15. The number of rotatable bonds is 4. The van der Waals surface area contributed by atoms with Crippen molar-refractivity contribution in [2.75, 3.05) is 10.6 Å². The van der Waals surface area contributed by atoms with Gasteiger partial charge in [-0.25, -0.2) is 0 Å². The lowest BCUT2D eigenvalue weighted by Crippen LogP contribution is -2.11. The Bertz CT molecular complexity index is 804. The first-order chi connectivity index (χ1) is 11.2. The topological polar surface area (TPSA) is 54.0 Å². The monoisotopic (exact) mass is 367 g/mol. The Kier molecular flexibility index (Phi) is 4.68. The van der Waals surface area contributed by atoms with Crippen LogP contribution in [0, 0.1) is 0 Å². The molecule has 5 heteroatoms. The maximum atomic E-state index is 12.1. The molecule has 0 aliphatic rings. The van der Waals surface area contributed by atoms with Gasteiger partial charge in [-0.05, 0) is 54.6 Å². The van der Waals surface area contributed by atoms with Gasteiger partial charge < -0.3 is 10.6 Å². The van der Waals surface area contributed by atoms with Gasteiger partial charge in [-0.2, -0.15) is 0 Å². The molecule has 0 bridgehead atoms. The zero-order valence-electron chi connectivity index (χ0n) is 12.2. The fraction of sp³-hybridized carbons (Fsp3) is 0. The second kappa shape index (κ2) is 7.07. The number of pyridine rings is 1. The van der Waals surface area contributed by atoms with Crippen molar-refractivity contribution in [1.29, 1.82) is 0 Å². The summed E-state index contributed by atoms with van der Waals surface area (Å²) in [5.41, 5.74) is 3.21. The van der Waals surface area contributed by atoms with Crippen molar-refractivity contribution in [2.45, 2.75) is 0 Å². The van der Waals surface area contributed by atoms with Crippen molar-refractivity contribution < 1.29 is 4.79 Å². The summed E-state index contributed by atoms with van der Waals surface area (Å²) in [4.78, 5) is 16.0. The summed E-state index contributed by atoms with van der Waals surface area (Å²) in [6.45, 7) is 0. The Hall–Kier alpha value is -2.66. The first-order valence-corrected chi connectivity index (χ1v) is 7.84. The van der Waals surface area contributed by atoms with E-state index in [1.807, 2.05) is 48.5 Å². The third-order valence-corrected chi connectivity index (χ3v) is 3.67. The lowest BCUT2D eigenvalue weighted by atomic mass is 10.2. The number of hydrogen-bond donors (Lipinski definition) is 2. The van der Waals surface area contributed by atoms with Crippen molar-refractivity contribution in [3.63, 3.8) is 0 Å². The molecule has 1 amide bonds. The SMILES string of the molecule is O=C(Nc1ccc(Nc2cccc(Br)c2)cc1)c1cccnc1. The molecule has 0 aliphatic carbocycles. The van der Waals surface area contributed by atoms with Crippen LogP contribution >= 0.6 is 15.9 Å². The van der Waals surface area contributed by atoms with Crippen LogP contribution in [0.4, 0.5) is 17.1 Å². The second-order valence-corrected chi connectivity index (χ2v) is 5.82. The summed E-state index contributed by atoms with van der Waals surface area (Å²) in [5.74, 6) is -0.175. The number of aromatic nitrogens is 1. The van der Waals surface area contributed by atoms with E-state index in [0.29, 0.717) is 5.56 Å². The van der Waals surface area contributed by atoms with Crippen molar-refractivity contribution in [3.05, 3.63) is 83.1 Å². The predicted molar refractivity (Wildman–Crippen MR) is 96.1 cm³/mol. The molecule has 1 heterocycles. The standard InChI is InChI=1S/C18H14BrN3O/c19-14-4-1-5-17(11-14)21-15-6-8-16(9-7-15)22-18(23)13-3-2-10-20-12-13/h1-12,21H,(H,22,23). The van der Waals surface area contributed by atoms with E-state index in [0.717, 1.165) is 21.5 Å². The smallest absolute Gasteiger partial charge is 0.257 e. The van der Waals surface area contributed by atoms with Gasteiger partial charge in [0.15, 0.2) is 0 Å². The molecule has 0 spiro atoms. The number of halogens is 1. The van der Waals surface area contributed by atoms with Crippen LogP contribution in [0.15, 0.2) is 77.5 Å². The third kappa shape index (κ3) is 4.17. The van der Waals surface area contributed by atoms with Crippen LogP contribution in [0.2, 0.25) is 0 Å². The molecule has 4 nitrogen and oxygen atoms in total. The number of nitrogens with zero attached hydrogens (tertiary/aromatic N) is 1. The molecule has 0 aliphatic heterocycles. The highest BCUT2D eigenvalue weighted by Gasteiger charge is 2.05. The summed E-state index contributed by atoms with van der Waals surface area (Å²) in [7, 11) is 0. The fourth-order valence-corrected chi connectivity index (χ4v) is 2.47. The van der Waals surface area contributed by atoms with Crippen LogP contribution in [0.1, 0.15) is 10.4 Å². The summed E-state index contributed by atoms with van der Waals surface area (Å²) in [6, 6.07) is 18.9. The minimum Gasteiger partial charge on any atom is -0.355 e. The summed E-state index contributed by atoms with van der Waals surface area (Å²) >= 11 is 3.44. The first kappa shape index (κ1) is 15.2. The Balaban J connectivity index is 1.66. The molecule has 0 radical (unpaired) electrons. The van der Waals surface area contributed by atoms with E-state index in [-0.39, 0.29) is 5.91 Å². The molecule has 3 rings (SSSR count). The molecule has 23 heavy (non-hydrogen) atoms. The van der Waals surface area contributed by atoms with E-state index < -0.39 is 0 Å². The molecule has 0 atom stereocenters. The van der Waals surface area contributed by atoms with Gasteiger partial charge in [0.2, 0.25) is 0 Å². The zero-order valence-corrected chi connectivity index (χ0v) is 13.7. The van der Waals surface area contributed by atoms with Gasteiger partial charge >= 0.3 is 0 Å². The minimum absolute atomic E-state index is 0.175. The maximum Gasteiger partial charge on any atom is 0.257 e. The molecule has 0 fully saturated rings. The van der Waals surface area contributed by atoms with Gasteiger partial charge in [0, 0.05) is 33.9 Å². The van der Waals surface area contributed by atoms with Crippen molar-refractivity contribution in [3.8, 4) is 0 Å². The van der Waals surface area contributed by atoms with Gasteiger partial charge in [-0.3, -0.25) is 9.78 Å². The average molecular weight is 368 g/mol. The Morgan fingerprint density at radius 1 is 0.913 bits per heavy atom. The van der Waals surface area contributed by atoms with Crippen molar-refractivity contribution >= 4 is 38.9 Å². The van der Waals surface area contributed by atoms with Crippen LogP contribution in [0.5, 0.6) is 0 Å². The van der Waals surface area contributed by atoms with Crippen LogP contribution < -0.4 is 10.6 Å². The molecule has 0 saturated heterocycles. The molecular weight excluding hydrogens is 354 g/mol. The molecule has 3 aromatic rings. The van der Waals surface area contributed by atoms with E-state index >= 15 is 0 Å². The average Bonchev–Trinajstić information content (AvgIpc) is 2.57. The number of carbonyl (C=O) groups is 1. The number of benzene rings is 2. The highest BCUT2D eigenvalue weighted by Crippen LogP contribution is 2.22. The molecule has 2 aromatic carbocycles. The van der Waals surface area contributed by atoms with Gasteiger partial charge in [-0.15, -0.1) is 0 Å². The van der Waals surface area contributed by atoms with E-state index in [1.165, 1.54) is 0 Å². The lowest BCUT2D eigenvalue weighted by Gasteiger charge is -2.09. The highest BCUT2D eigenvalue weighted by molar-refractivity contribution is 9.10. The van der Waals surface area contributed by atoms with E-state index in [4.69, 9.17) is 0 Å². The normalized spacial score (nSPS) is 10.1. The summed E-state index contributed by atoms with van der Waals surface area (Å²) < 4.78 is 1.02. The number of amides is 1. The summed E-state index contributed by atoms with van der Waals surface area (Å²) in [6.07, 6.45) is 3.18. The van der Waals surface area contributed by atoms with Crippen LogP contribution in [0.25, 0.3) is 0 Å². The zero-order chi connectivity index (χ0) is 16.1. The third-order valence-electron chi connectivity index (χ3n) is 3.18. The van der Waals surface area contributed by atoms with Gasteiger partial charge in [-0.1, -0.05) is 22.0 Å². The van der Waals surface area contributed by atoms with Gasteiger partial charge in [0.25, 0.3) is 5.91 Å². The Morgan fingerprint density at radius 3 is 2.39 bits per heavy atom. The maximum absolute atomic E-state index is 12.1. The molecular formula is C18H14BrN3O. The predicted octanol–water partition coefficient (Wildman–Crippen LogP) is 4.84.